The Bertz CT molecular complexity index is 353. The summed E-state index contributed by atoms with van der Waals surface area (Å²) in [6.45, 7) is 9.66. The topological polar surface area (TPSA) is 9.23 Å². The Hall–Kier alpha value is -0.123. The second kappa shape index (κ2) is 6.71. The molecule has 3 heteroatoms. The smallest absolute Gasteiger partial charge is 0.192 e. The van der Waals surface area contributed by atoms with E-state index < -0.39 is 8.32 Å². The van der Waals surface area contributed by atoms with Crippen molar-refractivity contribution < 1.29 is 4.43 Å². The zero-order valence-corrected chi connectivity index (χ0v) is 13.9. The summed E-state index contributed by atoms with van der Waals surface area (Å²) in [5.41, 5.74) is 2.55. The fourth-order valence-corrected chi connectivity index (χ4v) is 5.24. The average molecular weight is 315 g/mol. The monoisotopic (exact) mass is 314 g/mol. The third kappa shape index (κ3) is 3.93. The first-order valence-corrected chi connectivity index (χ1v) is 9.78. The van der Waals surface area contributed by atoms with E-state index in [9.17, 15) is 0 Å². The second-order valence-electron chi connectivity index (χ2n) is 4.63. The molecule has 0 N–H and O–H groups in total. The molecule has 0 aliphatic heterocycles. The van der Waals surface area contributed by atoms with Crippen LogP contribution in [0.25, 0.3) is 0 Å². The molecule has 0 aromatic heterocycles. The van der Waals surface area contributed by atoms with Gasteiger partial charge in [0, 0.05) is 4.47 Å². The van der Waals surface area contributed by atoms with Gasteiger partial charge in [-0.25, -0.2) is 0 Å². The van der Waals surface area contributed by atoms with Crippen molar-refractivity contribution in [3.05, 3.63) is 33.8 Å². The van der Waals surface area contributed by atoms with Gasteiger partial charge in [0.25, 0.3) is 0 Å². The summed E-state index contributed by atoms with van der Waals surface area (Å²) in [7, 11) is -1.46. The molecule has 17 heavy (non-hydrogen) atoms. The predicted octanol–water partition coefficient (Wildman–Crippen LogP) is 5.28. The molecule has 0 aliphatic carbocycles. The first kappa shape index (κ1) is 14.9. The summed E-state index contributed by atoms with van der Waals surface area (Å²) in [4.78, 5) is 0. The molecule has 1 aromatic carbocycles. The molecule has 0 saturated heterocycles. The van der Waals surface area contributed by atoms with Crippen molar-refractivity contribution in [1.29, 1.82) is 0 Å². The molecule has 1 nitrogen and oxygen atoms in total. The molecule has 0 unspecified atom stereocenters. The fourth-order valence-electron chi connectivity index (χ4n) is 2.06. The summed E-state index contributed by atoms with van der Waals surface area (Å²) < 4.78 is 7.46. The highest BCUT2D eigenvalue weighted by molar-refractivity contribution is 9.10. The van der Waals surface area contributed by atoms with Crippen molar-refractivity contribution in [2.24, 2.45) is 0 Å². The molecular weight excluding hydrogens is 292 g/mol. The highest BCUT2D eigenvalue weighted by atomic mass is 79.9. The minimum absolute atomic E-state index is 0.753. The SMILES string of the molecule is CC[Si](CC)(CC)OCc1ccc(C)cc1Br. The van der Waals surface area contributed by atoms with E-state index in [1.165, 1.54) is 33.7 Å². The average Bonchev–Trinajstić information content (AvgIpc) is 2.33. The van der Waals surface area contributed by atoms with Gasteiger partial charge in [-0.2, -0.15) is 0 Å². The van der Waals surface area contributed by atoms with Gasteiger partial charge in [0.2, 0.25) is 0 Å². The van der Waals surface area contributed by atoms with Crippen LogP contribution in [0, 0.1) is 6.92 Å². The van der Waals surface area contributed by atoms with Crippen LogP contribution in [0.1, 0.15) is 31.9 Å². The molecule has 0 fully saturated rings. The van der Waals surface area contributed by atoms with Crippen LogP contribution < -0.4 is 0 Å². The Balaban J connectivity index is 2.72. The van der Waals surface area contributed by atoms with Gasteiger partial charge in [0.15, 0.2) is 8.32 Å². The Morgan fingerprint density at radius 1 is 1.12 bits per heavy atom. The maximum Gasteiger partial charge on any atom is 0.192 e. The van der Waals surface area contributed by atoms with Crippen LogP contribution in [0.15, 0.2) is 22.7 Å². The van der Waals surface area contributed by atoms with E-state index in [1.54, 1.807) is 0 Å². The quantitative estimate of drug-likeness (QED) is 0.649. The first-order chi connectivity index (χ1) is 8.06. The second-order valence-corrected chi connectivity index (χ2v) is 10.3. The number of hydrogen-bond donors (Lipinski definition) is 0. The van der Waals surface area contributed by atoms with E-state index in [1.807, 2.05) is 0 Å². The van der Waals surface area contributed by atoms with Gasteiger partial charge < -0.3 is 4.43 Å². The van der Waals surface area contributed by atoms with Gasteiger partial charge in [0.1, 0.15) is 0 Å². The fraction of sp³-hybridized carbons (Fsp3) is 0.571. The molecule has 1 aromatic rings. The molecule has 0 heterocycles. The largest absolute Gasteiger partial charge is 0.413 e. The lowest BCUT2D eigenvalue weighted by atomic mass is 10.2. The van der Waals surface area contributed by atoms with Gasteiger partial charge in [-0.15, -0.1) is 0 Å². The summed E-state index contributed by atoms with van der Waals surface area (Å²) in [5, 5.41) is 0. The molecule has 0 atom stereocenters. The highest BCUT2D eigenvalue weighted by Crippen LogP contribution is 2.25. The van der Waals surface area contributed by atoms with Gasteiger partial charge >= 0.3 is 0 Å². The minimum atomic E-state index is -1.46. The van der Waals surface area contributed by atoms with Crippen LogP contribution in [-0.2, 0) is 11.0 Å². The van der Waals surface area contributed by atoms with Crippen molar-refractivity contribution in [3.8, 4) is 0 Å². The lowest BCUT2D eigenvalue weighted by Crippen LogP contribution is -2.35. The Kier molecular flexibility index (Phi) is 5.90. The number of aryl methyl sites for hydroxylation is 1. The molecule has 0 bridgehead atoms. The van der Waals surface area contributed by atoms with Gasteiger partial charge in [-0.3, -0.25) is 0 Å². The van der Waals surface area contributed by atoms with E-state index in [0.717, 1.165) is 6.61 Å². The van der Waals surface area contributed by atoms with E-state index >= 15 is 0 Å². The van der Waals surface area contributed by atoms with E-state index in [0.29, 0.717) is 0 Å². The van der Waals surface area contributed by atoms with Crippen molar-refractivity contribution in [2.75, 3.05) is 0 Å². The van der Waals surface area contributed by atoms with Crippen molar-refractivity contribution in [3.63, 3.8) is 0 Å². The number of halogens is 1. The molecule has 0 amide bonds. The van der Waals surface area contributed by atoms with E-state index in [2.05, 4.69) is 61.8 Å². The van der Waals surface area contributed by atoms with Crippen molar-refractivity contribution in [2.45, 2.75) is 52.4 Å². The van der Waals surface area contributed by atoms with E-state index in [4.69, 9.17) is 4.43 Å². The van der Waals surface area contributed by atoms with Crippen molar-refractivity contribution in [1.82, 2.24) is 0 Å². The molecule has 1 rings (SSSR count). The highest BCUT2D eigenvalue weighted by Gasteiger charge is 2.28. The Morgan fingerprint density at radius 3 is 2.18 bits per heavy atom. The van der Waals surface area contributed by atoms with Crippen LogP contribution in [0.2, 0.25) is 18.1 Å². The Morgan fingerprint density at radius 2 is 1.71 bits per heavy atom. The van der Waals surface area contributed by atoms with Crippen LogP contribution in [0.3, 0.4) is 0 Å². The zero-order chi connectivity index (χ0) is 12.9. The van der Waals surface area contributed by atoms with Crippen LogP contribution in [-0.4, -0.2) is 8.32 Å². The standard InChI is InChI=1S/C14H23BrOSi/c1-5-17(6-2,7-3)16-11-13-9-8-12(4)10-14(13)15/h8-10H,5-7,11H2,1-4H3. The van der Waals surface area contributed by atoms with E-state index in [-0.39, 0.29) is 0 Å². The lowest BCUT2D eigenvalue weighted by molar-refractivity contribution is 0.286. The number of hydrogen-bond acceptors (Lipinski definition) is 1. The summed E-state index contributed by atoms with van der Waals surface area (Å²) in [6.07, 6.45) is 0. The summed E-state index contributed by atoms with van der Waals surface area (Å²) >= 11 is 3.62. The Labute approximate surface area is 115 Å². The number of benzene rings is 1. The summed E-state index contributed by atoms with van der Waals surface area (Å²) in [5.74, 6) is 0. The van der Waals surface area contributed by atoms with Crippen LogP contribution in [0.5, 0.6) is 0 Å². The van der Waals surface area contributed by atoms with Gasteiger partial charge in [-0.1, -0.05) is 48.8 Å². The minimum Gasteiger partial charge on any atom is -0.413 e. The predicted molar refractivity (Wildman–Crippen MR) is 80.9 cm³/mol. The third-order valence-electron chi connectivity index (χ3n) is 3.68. The summed E-state index contributed by atoms with van der Waals surface area (Å²) in [6, 6.07) is 10.1. The van der Waals surface area contributed by atoms with Crippen LogP contribution in [0.4, 0.5) is 0 Å². The molecule has 0 saturated carbocycles. The van der Waals surface area contributed by atoms with Gasteiger partial charge in [0.05, 0.1) is 6.61 Å². The maximum atomic E-state index is 6.29. The molecule has 0 aliphatic rings. The third-order valence-corrected chi connectivity index (χ3v) is 9.04. The lowest BCUT2D eigenvalue weighted by Gasteiger charge is -2.28. The normalized spacial score (nSPS) is 11.8. The molecule has 96 valence electrons. The maximum absolute atomic E-state index is 6.29. The van der Waals surface area contributed by atoms with Crippen molar-refractivity contribution >= 4 is 24.2 Å². The van der Waals surface area contributed by atoms with Gasteiger partial charge in [-0.05, 0) is 42.2 Å². The molecule has 0 spiro atoms. The van der Waals surface area contributed by atoms with Crippen LogP contribution >= 0.6 is 15.9 Å². The first-order valence-electron chi connectivity index (χ1n) is 6.46. The molecule has 0 radical (unpaired) electrons. The number of rotatable bonds is 6. The molecular formula is C14H23BrOSi. The zero-order valence-electron chi connectivity index (χ0n) is 11.3.